The Balaban J connectivity index is 0. The fourth-order valence-electron chi connectivity index (χ4n) is 0. The maximum absolute atomic E-state index is 4.90. The van der Waals surface area contributed by atoms with E-state index in [1.165, 1.54) is 0 Å². The molecule has 0 rings (SSSR count). The summed E-state index contributed by atoms with van der Waals surface area (Å²) in [5.41, 5.74) is 0.250. The van der Waals surface area contributed by atoms with Gasteiger partial charge >= 0.3 is 18.2 Å². The lowest BCUT2D eigenvalue weighted by Gasteiger charge is -2.05. The van der Waals surface area contributed by atoms with Crippen LogP contribution in [0.4, 0.5) is 0 Å². The highest BCUT2D eigenvalue weighted by Crippen LogP contribution is 2.07. The van der Waals surface area contributed by atoms with Crippen molar-refractivity contribution in [2.75, 3.05) is 0 Å². The van der Waals surface area contributed by atoms with Gasteiger partial charge in [-0.2, -0.15) is 0 Å². The highest BCUT2D eigenvalue weighted by Gasteiger charge is 1.95. The van der Waals surface area contributed by atoms with Gasteiger partial charge in [0.2, 0.25) is 0 Å². The van der Waals surface area contributed by atoms with Crippen LogP contribution >= 0.6 is 18.1 Å². The molecule has 1 radical (unpaired) electrons. The van der Waals surface area contributed by atoms with Crippen molar-refractivity contribution in [1.29, 1.82) is 0 Å². The summed E-state index contributed by atoms with van der Waals surface area (Å²) in [5.74, 6) is 0. The lowest BCUT2D eigenvalue weighted by Crippen LogP contribution is -1.94. The Morgan fingerprint density at radius 1 is 1.25 bits per heavy atom. The Labute approximate surface area is 69.2 Å². The Morgan fingerprint density at radius 3 is 1.25 bits per heavy atom. The molecule has 0 heterocycles. The molecule has 0 saturated heterocycles. The van der Waals surface area contributed by atoms with E-state index in [4.69, 9.17) is 18.1 Å². The highest BCUT2D eigenvalue weighted by atomic mass is 35.6. The molecule has 0 saturated carbocycles. The van der Waals surface area contributed by atoms with Crippen LogP contribution in [-0.2, 0) is 0 Å². The number of rotatable bonds is 0. The molecule has 0 aromatic rings. The second-order valence-corrected chi connectivity index (χ2v) is 5.29. The Morgan fingerprint density at radius 2 is 1.25 bits per heavy atom. The molecule has 0 atom stereocenters. The molecule has 0 aliphatic carbocycles. The highest BCUT2D eigenvalue weighted by molar-refractivity contribution is 7.22. The molecule has 0 fully saturated rings. The third-order valence-electron chi connectivity index (χ3n) is 0. The van der Waals surface area contributed by atoms with E-state index >= 15 is 0 Å². The van der Waals surface area contributed by atoms with Crippen molar-refractivity contribution in [2.45, 2.75) is 20.8 Å². The molecular weight excluding hydrogens is 155 g/mol. The van der Waals surface area contributed by atoms with Gasteiger partial charge in [-0.25, -0.2) is 0 Å². The minimum absolute atomic E-state index is 0.250. The van der Waals surface area contributed by atoms with E-state index in [0.717, 1.165) is 0 Å². The monoisotopic (exact) mass is 165 g/mol. The van der Waals surface area contributed by atoms with E-state index in [-0.39, 0.29) is 5.41 Å². The van der Waals surface area contributed by atoms with E-state index in [2.05, 4.69) is 27.7 Å². The predicted molar refractivity (Wildman–Crippen MR) is 42.3 cm³/mol. The molecule has 0 N–H and O–H groups in total. The first-order valence-electron chi connectivity index (χ1n) is 2.39. The van der Waals surface area contributed by atoms with Crippen molar-refractivity contribution in [1.82, 2.24) is 0 Å². The molecule has 0 aliphatic heterocycles. The summed E-state index contributed by atoms with van der Waals surface area (Å²) in [4.78, 5) is 0. The van der Waals surface area contributed by atoms with Gasteiger partial charge in [-0.15, -0.1) is 0 Å². The number of hydrogen-bond donors (Lipinski definition) is 0. The van der Waals surface area contributed by atoms with E-state index in [1.54, 1.807) is 0 Å². The Bertz CT molecular complexity index is 34.2. The average Bonchev–Trinajstić information content (AvgIpc) is 1.27. The minimum Gasteiger partial charge on any atom is -0.309 e. The van der Waals surface area contributed by atoms with Gasteiger partial charge in [0, 0.05) is 0 Å². The van der Waals surface area contributed by atoms with Gasteiger partial charge in [0.25, 0.3) is 0 Å². The van der Waals surface area contributed by atoms with Crippen LogP contribution in [0, 0.1) is 12.3 Å². The molecule has 0 bridgehead atoms. The van der Waals surface area contributed by atoms with Crippen LogP contribution in [0.15, 0.2) is 0 Å². The van der Waals surface area contributed by atoms with Crippen molar-refractivity contribution in [3.05, 3.63) is 6.92 Å². The molecule has 0 unspecified atom stereocenters. The Hall–Kier alpha value is 1.35. The Kier molecular flexibility index (Phi) is 9.75. The molecule has 8 heavy (non-hydrogen) atoms. The van der Waals surface area contributed by atoms with Crippen LogP contribution in [-0.4, -0.2) is 18.2 Å². The van der Waals surface area contributed by atoms with Gasteiger partial charge in [-0.05, 0) is 12.3 Å². The van der Waals surface area contributed by atoms with Gasteiger partial charge in [0.15, 0.2) is 0 Å². The molecule has 0 spiro atoms. The number of halogens is 2. The first kappa shape index (κ1) is 12.1. The van der Waals surface area contributed by atoms with Gasteiger partial charge in [0.05, 0.1) is 0 Å². The largest absolute Gasteiger partial charge is 0.618 e. The first-order valence-corrected chi connectivity index (χ1v) is 6.66. The zero-order valence-electron chi connectivity index (χ0n) is 5.67. The summed E-state index contributed by atoms with van der Waals surface area (Å²) >= 11 is -0.639. The van der Waals surface area contributed by atoms with Crippen molar-refractivity contribution in [3.8, 4) is 0 Å². The van der Waals surface area contributed by atoms with Gasteiger partial charge in [0.1, 0.15) is 0 Å². The third kappa shape index (κ3) is 163. The lowest BCUT2D eigenvalue weighted by molar-refractivity contribution is 0.539. The topological polar surface area (TPSA) is 0 Å². The maximum atomic E-state index is 4.90. The summed E-state index contributed by atoms with van der Waals surface area (Å²) in [6.45, 7) is 10.0. The van der Waals surface area contributed by atoms with Gasteiger partial charge < -0.3 is 18.1 Å². The molecule has 3 heteroatoms. The van der Waals surface area contributed by atoms with Crippen LogP contribution < -0.4 is 0 Å². The van der Waals surface area contributed by atoms with E-state index in [9.17, 15) is 0 Å². The molecule has 0 nitrogen and oxygen atoms in total. The fourth-order valence-corrected chi connectivity index (χ4v) is 0. The summed E-state index contributed by atoms with van der Waals surface area (Å²) in [7, 11) is 9.81. The molecule has 0 amide bonds. The maximum Gasteiger partial charge on any atom is 0.618 e. The van der Waals surface area contributed by atoms with Crippen molar-refractivity contribution >= 4 is 36.3 Å². The predicted octanol–water partition coefficient (Wildman–Crippen LogP) is 2.86. The van der Waals surface area contributed by atoms with Gasteiger partial charge in [-0.3, -0.25) is 0 Å². The molecule has 0 aliphatic rings. The van der Waals surface area contributed by atoms with Crippen LogP contribution in [0.25, 0.3) is 0 Å². The summed E-state index contributed by atoms with van der Waals surface area (Å²) in [6, 6.07) is 0. The van der Waals surface area contributed by atoms with Crippen LogP contribution in [0.3, 0.4) is 0 Å². The zero-order valence-corrected chi connectivity index (χ0v) is 8.60. The normalized spacial score (nSPS) is 8.75. The second kappa shape index (κ2) is 6.47. The molecule has 0 aromatic carbocycles. The average molecular weight is 166 g/mol. The zero-order chi connectivity index (χ0) is 7.21. The SMILES string of the molecule is [CH2]C(C)(C)C.[Cl][Mg][Cl]. The first-order chi connectivity index (χ1) is 3.41. The van der Waals surface area contributed by atoms with E-state index < -0.39 is 18.2 Å². The third-order valence-corrected chi connectivity index (χ3v) is 0. The molecule has 0 aromatic heterocycles. The van der Waals surface area contributed by atoms with Crippen molar-refractivity contribution in [3.63, 3.8) is 0 Å². The molecule has 47 valence electrons. The minimum atomic E-state index is -0.639. The molecular formula is C5H11Cl2Mg. The van der Waals surface area contributed by atoms with Crippen molar-refractivity contribution < 1.29 is 0 Å². The fraction of sp³-hybridized carbons (Fsp3) is 0.800. The standard InChI is InChI=1S/C5H11.2ClH.Mg/c1-5(2,3)4;;;/h1H2,2-4H3;2*1H;/q;;;+2/p-2. The summed E-state index contributed by atoms with van der Waals surface area (Å²) in [6.07, 6.45) is 0. The van der Waals surface area contributed by atoms with Gasteiger partial charge in [-0.1, -0.05) is 20.8 Å². The second-order valence-electron chi connectivity index (χ2n) is 2.66. The van der Waals surface area contributed by atoms with Crippen molar-refractivity contribution in [2.24, 2.45) is 5.41 Å². The number of hydrogen-bond acceptors (Lipinski definition) is 0. The lowest BCUT2D eigenvalue weighted by atomic mass is 10.0. The summed E-state index contributed by atoms with van der Waals surface area (Å²) < 4.78 is 0. The quantitative estimate of drug-likeness (QED) is 0.485. The smallest absolute Gasteiger partial charge is 0.309 e. The van der Waals surface area contributed by atoms with E-state index in [1.807, 2.05) is 0 Å². The summed E-state index contributed by atoms with van der Waals surface area (Å²) in [5, 5.41) is 0. The van der Waals surface area contributed by atoms with E-state index in [0.29, 0.717) is 0 Å². The van der Waals surface area contributed by atoms with Crippen LogP contribution in [0.2, 0.25) is 0 Å². The van der Waals surface area contributed by atoms with Crippen LogP contribution in [0.1, 0.15) is 20.8 Å². The van der Waals surface area contributed by atoms with Crippen LogP contribution in [0.5, 0.6) is 0 Å².